The molecule has 0 radical (unpaired) electrons. The summed E-state index contributed by atoms with van der Waals surface area (Å²) in [4.78, 5) is 14.5. The summed E-state index contributed by atoms with van der Waals surface area (Å²) in [6.45, 7) is 10.8. The first kappa shape index (κ1) is 17.5. The molecule has 0 amide bonds. The maximum absolute atomic E-state index is 4.53. The van der Waals surface area contributed by atoms with Crippen molar-refractivity contribution in [2.45, 2.75) is 47.3 Å². The topological polar surface area (TPSA) is 67.1 Å². The minimum Gasteiger partial charge on any atom is -0.350 e. The molecule has 7 heteroatoms. The summed E-state index contributed by atoms with van der Waals surface area (Å²) in [5, 5.41) is 7.68. The molecule has 0 spiro atoms. The molecule has 2 heterocycles. The molecule has 0 aliphatic rings. The molecule has 2 N–H and O–H groups in total. The molecule has 0 aromatic carbocycles. The van der Waals surface area contributed by atoms with E-state index in [1.165, 1.54) is 4.88 Å². The predicted molar refractivity (Wildman–Crippen MR) is 95.7 cm³/mol. The maximum Gasteiger partial charge on any atom is 0.191 e. The van der Waals surface area contributed by atoms with Crippen LogP contribution in [0.1, 0.15) is 35.3 Å². The fourth-order valence-corrected chi connectivity index (χ4v) is 3.10. The number of aryl methyl sites for hydroxylation is 2. The van der Waals surface area contributed by atoms with Crippen molar-refractivity contribution in [3.63, 3.8) is 0 Å². The average Bonchev–Trinajstić information content (AvgIpc) is 3.06. The Hall–Kier alpha value is -1.89. The van der Waals surface area contributed by atoms with E-state index in [1.54, 1.807) is 18.4 Å². The van der Waals surface area contributed by atoms with Crippen LogP contribution in [-0.4, -0.2) is 27.5 Å². The number of nitrogens with zero attached hydrogens (tertiary/aromatic N) is 4. The predicted octanol–water partition coefficient (Wildman–Crippen LogP) is 2.48. The smallest absolute Gasteiger partial charge is 0.191 e. The van der Waals surface area contributed by atoms with Crippen LogP contribution in [0.25, 0.3) is 0 Å². The van der Waals surface area contributed by atoms with E-state index >= 15 is 0 Å². The number of hydrogen-bond donors (Lipinski definition) is 2. The van der Waals surface area contributed by atoms with Gasteiger partial charge in [-0.3, -0.25) is 4.99 Å². The molecule has 0 unspecified atom stereocenters. The highest BCUT2D eigenvalue weighted by atomic mass is 32.1. The third kappa shape index (κ3) is 5.06. The van der Waals surface area contributed by atoms with Gasteiger partial charge in [-0.05, 0) is 19.8 Å². The van der Waals surface area contributed by atoms with Gasteiger partial charge in [0.05, 0.1) is 18.8 Å². The Labute approximate surface area is 142 Å². The highest BCUT2D eigenvalue weighted by molar-refractivity contribution is 7.11. The first-order valence-electron chi connectivity index (χ1n) is 7.87. The van der Waals surface area contributed by atoms with Crippen LogP contribution in [0.5, 0.6) is 0 Å². The lowest BCUT2D eigenvalue weighted by Gasteiger charge is -2.13. The number of thiazole rings is 1. The lowest BCUT2D eigenvalue weighted by atomic mass is 10.2. The number of hydrogen-bond acceptors (Lipinski definition) is 4. The van der Waals surface area contributed by atoms with Gasteiger partial charge in [0.2, 0.25) is 0 Å². The van der Waals surface area contributed by atoms with Crippen molar-refractivity contribution >= 4 is 17.3 Å². The third-order valence-electron chi connectivity index (χ3n) is 3.48. The van der Waals surface area contributed by atoms with Gasteiger partial charge in [0.15, 0.2) is 5.96 Å². The number of aromatic nitrogens is 3. The van der Waals surface area contributed by atoms with E-state index in [-0.39, 0.29) is 0 Å². The minimum absolute atomic E-state index is 0.594. The van der Waals surface area contributed by atoms with Crippen molar-refractivity contribution in [2.24, 2.45) is 10.9 Å². The SMILES string of the molecule is CN=C(NCc1nc(C)c(C)s1)NCc1nccn1CC(C)C. The van der Waals surface area contributed by atoms with Crippen molar-refractivity contribution in [2.75, 3.05) is 7.05 Å². The summed E-state index contributed by atoms with van der Waals surface area (Å²) in [6.07, 6.45) is 3.87. The van der Waals surface area contributed by atoms with Crippen molar-refractivity contribution in [3.05, 3.63) is 33.8 Å². The number of imidazole rings is 1. The maximum atomic E-state index is 4.53. The largest absolute Gasteiger partial charge is 0.350 e. The van der Waals surface area contributed by atoms with Crippen molar-refractivity contribution in [3.8, 4) is 0 Å². The van der Waals surface area contributed by atoms with E-state index in [9.17, 15) is 0 Å². The van der Waals surface area contributed by atoms with E-state index in [2.05, 4.69) is 50.9 Å². The van der Waals surface area contributed by atoms with Crippen LogP contribution in [0.2, 0.25) is 0 Å². The van der Waals surface area contributed by atoms with Crippen molar-refractivity contribution in [1.29, 1.82) is 0 Å². The molecule has 23 heavy (non-hydrogen) atoms. The van der Waals surface area contributed by atoms with Gasteiger partial charge in [0, 0.05) is 30.9 Å². The van der Waals surface area contributed by atoms with Crippen molar-refractivity contribution < 1.29 is 0 Å². The van der Waals surface area contributed by atoms with E-state index in [0.29, 0.717) is 19.0 Å². The fourth-order valence-electron chi connectivity index (χ4n) is 2.22. The number of aliphatic imine (C=N–C) groups is 1. The van der Waals surface area contributed by atoms with Crippen molar-refractivity contribution in [1.82, 2.24) is 25.2 Å². The second kappa shape index (κ2) is 8.10. The number of guanidine groups is 1. The highest BCUT2D eigenvalue weighted by Crippen LogP contribution is 2.15. The van der Waals surface area contributed by atoms with Crippen LogP contribution in [0.3, 0.4) is 0 Å². The zero-order valence-electron chi connectivity index (χ0n) is 14.6. The summed E-state index contributed by atoms with van der Waals surface area (Å²) in [6, 6.07) is 0. The zero-order valence-corrected chi connectivity index (χ0v) is 15.4. The van der Waals surface area contributed by atoms with Gasteiger partial charge < -0.3 is 15.2 Å². The molecular formula is C16H26N6S. The molecule has 126 valence electrons. The monoisotopic (exact) mass is 334 g/mol. The van der Waals surface area contributed by atoms with E-state index in [0.717, 1.165) is 29.0 Å². The molecule has 0 bridgehead atoms. The van der Waals surface area contributed by atoms with E-state index < -0.39 is 0 Å². The van der Waals surface area contributed by atoms with Crippen LogP contribution in [0.15, 0.2) is 17.4 Å². The summed E-state index contributed by atoms with van der Waals surface area (Å²) < 4.78 is 2.18. The normalized spacial score (nSPS) is 12.0. The molecule has 0 saturated carbocycles. The van der Waals surface area contributed by atoms with E-state index in [1.807, 2.05) is 19.3 Å². The summed E-state index contributed by atoms with van der Waals surface area (Å²) in [5.41, 5.74) is 1.10. The van der Waals surface area contributed by atoms with Gasteiger partial charge in [-0.15, -0.1) is 11.3 Å². The minimum atomic E-state index is 0.594. The standard InChI is InChI=1S/C16H26N6S/c1-11(2)10-22-7-6-18-14(22)8-19-16(17-5)20-9-15-21-12(3)13(4)23-15/h6-7,11H,8-10H2,1-5H3,(H2,17,19,20). The third-order valence-corrected chi connectivity index (χ3v) is 4.55. The molecule has 2 aromatic heterocycles. The first-order chi connectivity index (χ1) is 11.0. The Kier molecular flexibility index (Phi) is 6.15. The summed E-state index contributed by atoms with van der Waals surface area (Å²) in [7, 11) is 1.77. The van der Waals surface area contributed by atoms with Gasteiger partial charge in [-0.25, -0.2) is 9.97 Å². The Bertz CT molecular complexity index is 636. The fraction of sp³-hybridized carbons (Fsp3) is 0.562. The number of rotatable bonds is 6. The molecule has 2 rings (SSSR count). The van der Waals surface area contributed by atoms with Crippen LogP contribution in [0, 0.1) is 19.8 Å². The van der Waals surface area contributed by atoms with Gasteiger partial charge in [-0.1, -0.05) is 13.8 Å². The second-order valence-electron chi connectivity index (χ2n) is 5.92. The average molecular weight is 334 g/mol. The zero-order chi connectivity index (χ0) is 16.8. The Morgan fingerprint density at radius 3 is 2.65 bits per heavy atom. The van der Waals surface area contributed by atoms with Gasteiger partial charge in [0.1, 0.15) is 10.8 Å². The lowest BCUT2D eigenvalue weighted by Crippen LogP contribution is -2.37. The van der Waals surface area contributed by atoms with Crippen LogP contribution < -0.4 is 10.6 Å². The van der Waals surface area contributed by atoms with Crippen LogP contribution in [0.4, 0.5) is 0 Å². The Morgan fingerprint density at radius 1 is 1.30 bits per heavy atom. The quantitative estimate of drug-likeness (QED) is 0.629. The summed E-state index contributed by atoms with van der Waals surface area (Å²) in [5.74, 6) is 2.37. The first-order valence-corrected chi connectivity index (χ1v) is 8.68. The molecular weight excluding hydrogens is 308 g/mol. The summed E-state index contributed by atoms with van der Waals surface area (Å²) >= 11 is 1.72. The molecule has 6 nitrogen and oxygen atoms in total. The number of nitrogens with one attached hydrogen (secondary N) is 2. The lowest BCUT2D eigenvalue weighted by molar-refractivity contribution is 0.503. The van der Waals surface area contributed by atoms with Crippen LogP contribution in [-0.2, 0) is 19.6 Å². The Morgan fingerprint density at radius 2 is 2.04 bits per heavy atom. The molecule has 0 aliphatic heterocycles. The molecule has 0 saturated heterocycles. The highest BCUT2D eigenvalue weighted by Gasteiger charge is 2.07. The molecule has 0 atom stereocenters. The van der Waals surface area contributed by atoms with Gasteiger partial charge in [-0.2, -0.15) is 0 Å². The molecule has 0 aliphatic carbocycles. The van der Waals surface area contributed by atoms with Gasteiger partial charge in [0.25, 0.3) is 0 Å². The van der Waals surface area contributed by atoms with Crippen LogP contribution >= 0.6 is 11.3 Å². The van der Waals surface area contributed by atoms with Gasteiger partial charge >= 0.3 is 0 Å². The Balaban J connectivity index is 1.87. The molecule has 0 fully saturated rings. The molecule has 2 aromatic rings. The van der Waals surface area contributed by atoms with E-state index in [4.69, 9.17) is 0 Å². The second-order valence-corrected chi connectivity index (χ2v) is 7.21.